The molecule has 1 amide bonds. The number of halogens is 2. The van der Waals surface area contributed by atoms with Crippen LogP contribution in [-0.2, 0) is 0 Å². The molecule has 0 atom stereocenters. The Morgan fingerprint density at radius 1 is 1.00 bits per heavy atom. The SMILES string of the molecule is O=C(c1snnc1-c1ccc(Br)cc1)N1CCN(c2ccc(F)cc2)CC1. The molecule has 1 aliphatic heterocycles. The van der Waals surface area contributed by atoms with Crippen molar-refractivity contribution in [1.29, 1.82) is 0 Å². The first-order valence-electron chi connectivity index (χ1n) is 8.50. The average molecular weight is 447 g/mol. The first-order valence-corrected chi connectivity index (χ1v) is 10.1. The number of rotatable bonds is 3. The van der Waals surface area contributed by atoms with Gasteiger partial charge in [-0.05, 0) is 47.9 Å². The van der Waals surface area contributed by atoms with E-state index in [0.29, 0.717) is 36.8 Å². The standard InChI is InChI=1S/C19H16BrFN4OS/c20-14-3-1-13(2-4-14)17-18(27-23-22-17)19(26)25-11-9-24(10-12-25)16-7-5-15(21)6-8-16/h1-8H,9-12H2. The molecular weight excluding hydrogens is 431 g/mol. The van der Waals surface area contributed by atoms with Crippen LogP contribution in [0.25, 0.3) is 11.3 Å². The highest BCUT2D eigenvalue weighted by molar-refractivity contribution is 9.10. The molecule has 1 saturated heterocycles. The van der Waals surface area contributed by atoms with Crippen molar-refractivity contribution in [2.75, 3.05) is 31.1 Å². The van der Waals surface area contributed by atoms with Gasteiger partial charge in [0, 0.05) is 41.9 Å². The maximum atomic E-state index is 13.1. The first-order chi connectivity index (χ1) is 13.1. The van der Waals surface area contributed by atoms with E-state index < -0.39 is 0 Å². The summed E-state index contributed by atoms with van der Waals surface area (Å²) >= 11 is 4.54. The smallest absolute Gasteiger partial charge is 0.268 e. The Bertz CT molecular complexity index is 937. The highest BCUT2D eigenvalue weighted by atomic mass is 79.9. The quantitative estimate of drug-likeness (QED) is 0.608. The van der Waals surface area contributed by atoms with Crippen molar-refractivity contribution in [1.82, 2.24) is 14.5 Å². The lowest BCUT2D eigenvalue weighted by molar-refractivity contribution is 0.0752. The summed E-state index contributed by atoms with van der Waals surface area (Å²) in [5.74, 6) is -0.285. The number of benzene rings is 2. The Morgan fingerprint density at radius 3 is 2.33 bits per heavy atom. The summed E-state index contributed by atoms with van der Waals surface area (Å²) in [5.41, 5.74) is 2.47. The molecule has 4 rings (SSSR count). The van der Waals surface area contributed by atoms with E-state index in [1.807, 2.05) is 29.2 Å². The van der Waals surface area contributed by atoms with Gasteiger partial charge in [0.2, 0.25) is 0 Å². The molecule has 0 radical (unpaired) electrons. The third-order valence-electron chi connectivity index (χ3n) is 4.56. The van der Waals surface area contributed by atoms with E-state index in [4.69, 9.17) is 0 Å². The van der Waals surface area contributed by atoms with Gasteiger partial charge in [0.25, 0.3) is 5.91 Å². The summed E-state index contributed by atoms with van der Waals surface area (Å²) in [4.78, 5) is 17.5. The molecule has 138 valence electrons. The Morgan fingerprint density at radius 2 is 1.67 bits per heavy atom. The number of hydrogen-bond donors (Lipinski definition) is 0. The van der Waals surface area contributed by atoms with Gasteiger partial charge in [-0.1, -0.05) is 32.6 Å². The third-order valence-corrected chi connectivity index (χ3v) is 5.80. The van der Waals surface area contributed by atoms with Gasteiger partial charge in [-0.25, -0.2) is 4.39 Å². The molecular formula is C19H16BrFN4OS. The van der Waals surface area contributed by atoms with Crippen molar-refractivity contribution in [2.24, 2.45) is 0 Å². The molecule has 0 N–H and O–H groups in total. The Labute approximate surface area is 168 Å². The zero-order valence-corrected chi connectivity index (χ0v) is 16.7. The Kier molecular flexibility index (Phi) is 5.18. The van der Waals surface area contributed by atoms with Gasteiger partial charge >= 0.3 is 0 Å². The van der Waals surface area contributed by atoms with Crippen LogP contribution in [0.1, 0.15) is 9.67 Å². The van der Waals surface area contributed by atoms with E-state index in [9.17, 15) is 9.18 Å². The maximum absolute atomic E-state index is 13.1. The summed E-state index contributed by atoms with van der Waals surface area (Å²) in [6, 6.07) is 14.1. The zero-order chi connectivity index (χ0) is 18.8. The summed E-state index contributed by atoms with van der Waals surface area (Å²) in [5, 5.41) is 4.16. The van der Waals surface area contributed by atoms with Crippen LogP contribution in [0.5, 0.6) is 0 Å². The highest BCUT2D eigenvalue weighted by Crippen LogP contribution is 2.27. The first kappa shape index (κ1) is 18.1. The van der Waals surface area contributed by atoms with Crippen LogP contribution in [0.3, 0.4) is 0 Å². The number of carbonyl (C=O) groups is 1. The van der Waals surface area contributed by atoms with E-state index in [1.165, 1.54) is 12.1 Å². The molecule has 2 heterocycles. The minimum atomic E-state index is -0.245. The van der Waals surface area contributed by atoms with Gasteiger partial charge in [-0.3, -0.25) is 4.79 Å². The van der Waals surface area contributed by atoms with Crippen LogP contribution < -0.4 is 4.90 Å². The van der Waals surface area contributed by atoms with E-state index >= 15 is 0 Å². The lowest BCUT2D eigenvalue weighted by Crippen LogP contribution is -2.48. The average Bonchev–Trinajstić information content (AvgIpc) is 3.18. The van der Waals surface area contributed by atoms with E-state index in [1.54, 1.807) is 12.1 Å². The molecule has 0 bridgehead atoms. The van der Waals surface area contributed by atoms with Crippen LogP contribution >= 0.6 is 27.5 Å². The lowest BCUT2D eigenvalue weighted by atomic mass is 10.1. The second-order valence-electron chi connectivity index (χ2n) is 6.21. The van der Waals surface area contributed by atoms with E-state index in [-0.39, 0.29) is 11.7 Å². The number of aromatic nitrogens is 2. The third kappa shape index (κ3) is 3.86. The molecule has 0 aliphatic carbocycles. The van der Waals surface area contributed by atoms with Crippen molar-refractivity contribution < 1.29 is 9.18 Å². The van der Waals surface area contributed by atoms with Crippen LogP contribution in [0.2, 0.25) is 0 Å². The Hall–Kier alpha value is -2.32. The molecule has 8 heteroatoms. The number of amides is 1. The van der Waals surface area contributed by atoms with Gasteiger partial charge in [-0.15, -0.1) is 5.10 Å². The van der Waals surface area contributed by atoms with Crippen LogP contribution in [0, 0.1) is 5.82 Å². The summed E-state index contributed by atoms with van der Waals surface area (Å²) in [6.07, 6.45) is 0. The largest absolute Gasteiger partial charge is 0.368 e. The number of carbonyl (C=O) groups excluding carboxylic acids is 1. The molecule has 1 aliphatic rings. The fraction of sp³-hybridized carbons (Fsp3) is 0.211. The monoisotopic (exact) mass is 446 g/mol. The van der Waals surface area contributed by atoms with Crippen molar-refractivity contribution in [3.05, 3.63) is 63.7 Å². The predicted molar refractivity (Wildman–Crippen MR) is 108 cm³/mol. The van der Waals surface area contributed by atoms with Crippen molar-refractivity contribution in [3.63, 3.8) is 0 Å². The normalized spacial score (nSPS) is 14.4. The number of hydrogen-bond acceptors (Lipinski definition) is 5. The summed E-state index contributed by atoms with van der Waals surface area (Å²) in [7, 11) is 0. The molecule has 1 aromatic heterocycles. The summed E-state index contributed by atoms with van der Waals surface area (Å²) in [6.45, 7) is 2.62. The van der Waals surface area contributed by atoms with Gasteiger partial charge in [0.1, 0.15) is 16.4 Å². The maximum Gasteiger partial charge on any atom is 0.268 e. The van der Waals surface area contributed by atoms with Crippen molar-refractivity contribution >= 4 is 39.1 Å². The fourth-order valence-electron chi connectivity index (χ4n) is 3.09. The Balaban J connectivity index is 1.46. The molecule has 27 heavy (non-hydrogen) atoms. The van der Waals surface area contributed by atoms with Crippen LogP contribution in [-0.4, -0.2) is 46.6 Å². The van der Waals surface area contributed by atoms with Crippen LogP contribution in [0.15, 0.2) is 53.0 Å². The number of anilines is 1. The van der Waals surface area contributed by atoms with Gasteiger partial charge in [-0.2, -0.15) is 0 Å². The second-order valence-corrected chi connectivity index (χ2v) is 7.88. The topological polar surface area (TPSA) is 49.3 Å². The highest BCUT2D eigenvalue weighted by Gasteiger charge is 2.26. The number of piperazine rings is 1. The predicted octanol–water partition coefficient (Wildman–Crippen LogP) is 4.07. The van der Waals surface area contributed by atoms with Crippen LogP contribution in [0.4, 0.5) is 10.1 Å². The molecule has 2 aromatic carbocycles. The second kappa shape index (κ2) is 7.74. The molecule has 0 unspecified atom stereocenters. The minimum Gasteiger partial charge on any atom is -0.368 e. The van der Waals surface area contributed by atoms with Gasteiger partial charge in [0.05, 0.1) is 0 Å². The summed E-state index contributed by atoms with van der Waals surface area (Å²) < 4.78 is 18.1. The lowest BCUT2D eigenvalue weighted by Gasteiger charge is -2.36. The van der Waals surface area contributed by atoms with E-state index in [0.717, 1.165) is 27.3 Å². The van der Waals surface area contributed by atoms with Crippen molar-refractivity contribution in [3.8, 4) is 11.3 Å². The fourth-order valence-corrected chi connectivity index (χ4v) is 4.01. The van der Waals surface area contributed by atoms with Crippen molar-refractivity contribution in [2.45, 2.75) is 0 Å². The molecule has 0 spiro atoms. The van der Waals surface area contributed by atoms with Gasteiger partial charge < -0.3 is 9.80 Å². The molecule has 5 nitrogen and oxygen atoms in total. The zero-order valence-electron chi connectivity index (χ0n) is 14.3. The van der Waals surface area contributed by atoms with E-state index in [2.05, 4.69) is 30.4 Å². The number of nitrogens with zero attached hydrogens (tertiary/aromatic N) is 4. The molecule has 1 fully saturated rings. The minimum absolute atomic E-state index is 0.0401. The molecule has 3 aromatic rings. The van der Waals surface area contributed by atoms with Gasteiger partial charge in [0.15, 0.2) is 0 Å². The molecule has 0 saturated carbocycles.